The van der Waals surface area contributed by atoms with Crippen molar-refractivity contribution >= 4 is 39.5 Å². The predicted molar refractivity (Wildman–Crippen MR) is 417 cm³/mol. The van der Waals surface area contributed by atoms with Crippen molar-refractivity contribution in [2.45, 2.75) is 277 Å². The SMILES string of the molecule is CC/C=C\C/C=C\C/C=C\C/C=C\C/C=C\C/C=C\CCC(=O)OCC(COP(=O)(O)OCC(O)COP(=O)(O)OCC(COC(=O)CCCC/C=C\C/C=C\C/C=C\C/C=C\CC)OC(=O)CCCCCCC/C=C\CCCCCC)OC(=O)CCCC/C=C\C/C=C\C/C=C\C/C=C\CC. The zero-order valence-corrected chi connectivity index (χ0v) is 64.5. The van der Waals surface area contributed by atoms with Gasteiger partial charge < -0.3 is 33.8 Å². The summed E-state index contributed by atoms with van der Waals surface area (Å²) in [6, 6.07) is 0. The van der Waals surface area contributed by atoms with Gasteiger partial charge in [0.15, 0.2) is 12.2 Å². The van der Waals surface area contributed by atoms with Crippen LogP contribution >= 0.6 is 15.6 Å². The number of ether oxygens (including phenoxy) is 4. The summed E-state index contributed by atoms with van der Waals surface area (Å²) in [6.07, 6.45) is 87.7. The summed E-state index contributed by atoms with van der Waals surface area (Å²) in [6.45, 7) is 4.28. The van der Waals surface area contributed by atoms with Gasteiger partial charge >= 0.3 is 39.5 Å². The highest BCUT2D eigenvalue weighted by Gasteiger charge is 2.30. The van der Waals surface area contributed by atoms with Gasteiger partial charge in [-0.2, -0.15) is 0 Å². The molecule has 576 valence electrons. The molecule has 17 nitrogen and oxygen atoms in total. The van der Waals surface area contributed by atoms with Crippen LogP contribution in [0.1, 0.15) is 259 Å². The standard InChI is InChI=1S/C83H132O17P2/c1-5-9-13-17-21-25-29-33-36-37-38-39-42-45-48-52-56-60-64-68-81(86)94-74-79(100-83(88)70-66-62-58-54-50-46-41-35-31-27-23-19-15-11-7-3)76-98-102(91,92)96-72-77(84)71-95-101(89,90)97-75-78(99-82(87)69-65-61-57-53-49-43-32-28-24-20-16-12-8-4)73-93-80(85)67-63-59-55-51-47-44-40-34-30-26-22-18-14-10-6-2/h9-11,13-15,21-23,25-28,32-36,38-41,45,47-48,50-51,54,56,60,77-79,84H,5-8,12,16-20,24,29-31,37,42-44,46,49,52-53,55,57-59,61-76H2,1-4H3,(H,89,90)(H,91,92)/b13-9-,14-10-,15-11-,25-21-,26-22-,27-23-,32-28-,36-33-,39-38-,40-34-,41-35-,48-45-,51-47-,54-50-,60-56-. The summed E-state index contributed by atoms with van der Waals surface area (Å²) in [5.41, 5.74) is 0. The Morgan fingerprint density at radius 1 is 0.284 bits per heavy atom. The average molecular weight is 1460 g/mol. The summed E-state index contributed by atoms with van der Waals surface area (Å²) in [5, 5.41) is 10.6. The zero-order chi connectivity index (χ0) is 74.6. The quantitative estimate of drug-likeness (QED) is 0.0169. The van der Waals surface area contributed by atoms with Crippen LogP contribution in [-0.2, 0) is 65.4 Å². The van der Waals surface area contributed by atoms with Gasteiger partial charge in [-0.05, 0) is 167 Å². The first-order valence-corrected chi connectivity index (χ1v) is 41.0. The number of allylic oxidation sites excluding steroid dienone is 30. The van der Waals surface area contributed by atoms with E-state index >= 15 is 0 Å². The highest BCUT2D eigenvalue weighted by atomic mass is 31.2. The smallest absolute Gasteiger partial charge is 0.462 e. The molecule has 0 aliphatic heterocycles. The van der Waals surface area contributed by atoms with Gasteiger partial charge in [-0.25, -0.2) is 9.13 Å². The highest BCUT2D eigenvalue weighted by Crippen LogP contribution is 2.45. The van der Waals surface area contributed by atoms with Crippen LogP contribution in [0, 0.1) is 0 Å². The number of hydrogen-bond acceptors (Lipinski definition) is 15. The number of esters is 4. The lowest BCUT2D eigenvalue weighted by atomic mass is 10.1. The van der Waals surface area contributed by atoms with Crippen LogP contribution < -0.4 is 0 Å². The minimum Gasteiger partial charge on any atom is -0.462 e. The van der Waals surface area contributed by atoms with Crippen LogP contribution in [0.4, 0.5) is 0 Å². The van der Waals surface area contributed by atoms with Crippen molar-refractivity contribution in [3.8, 4) is 0 Å². The molecule has 0 amide bonds. The summed E-state index contributed by atoms with van der Waals surface area (Å²) < 4.78 is 68.3. The number of aliphatic hydroxyl groups is 1. The van der Waals surface area contributed by atoms with Gasteiger partial charge in [-0.3, -0.25) is 37.3 Å². The third kappa shape index (κ3) is 72.5. The van der Waals surface area contributed by atoms with E-state index in [1.807, 2.05) is 24.3 Å². The van der Waals surface area contributed by atoms with E-state index in [0.717, 1.165) is 141 Å². The number of hydrogen-bond donors (Lipinski definition) is 3. The van der Waals surface area contributed by atoms with E-state index in [1.54, 1.807) is 0 Å². The molecule has 19 heteroatoms. The lowest BCUT2D eigenvalue weighted by Gasteiger charge is -2.21. The second-order valence-corrected chi connectivity index (χ2v) is 27.3. The molecule has 0 saturated carbocycles. The third-order valence-corrected chi connectivity index (χ3v) is 16.8. The van der Waals surface area contributed by atoms with Crippen molar-refractivity contribution in [3.05, 3.63) is 182 Å². The first-order valence-electron chi connectivity index (χ1n) is 38.0. The maximum Gasteiger partial charge on any atom is 0.472 e. The predicted octanol–water partition coefficient (Wildman–Crippen LogP) is 22.0. The number of carbonyl (C=O) groups is 4. The Balaban J connectivity index is 5.51. The van der Waals surface area contributed by atoms with Gasteiger partial charge in [-0.1, -0.05) is 249 Å². The van der Waals surface area contributed by atoms with E-state index in [-0.39, 0.29) is 25.7 Å². The molecular formula is C83H132O17P2. The van der Waals surface area contributed by atoms with Gasteiger partial charge in [0.05, 0.1) is 26.4 Å². The van der Waals surface area contributed by atoms with E-state index in [4.69, 9.17) is 37.0 Å². The van der Waals surface area contributed by atoms with E-state index in [0.29, 0.717) is 38.5 Å². The van der Waals surface area contributed by atoms with Crippen LogP contribution in [-0.4, -0.2) is 96.7 Å². The minimum atomic E-state index is -5.01. The fraction of sp³-hybridized carbons (Fsp3) is 0.590. The Labute approximate surface area is 615 Å². The molecule has 0 aromatic carbocycles. The number of phosphoric ester groups is 2. The minimum absolute atomic E-state index is 0.0184. The molecule has 5 atom stereocenters. The lowest BCUT2D eigenvalue weighted by molar-refractivity contribution is -0.161. The van der Waals surface area contributed by atoms with Crippen molar-refractivity contribution in [1.29, 1.82) is 0 Å². The van der Waals surface area contributed by atoms with Gasteiger partial charge in [0.2, 0.25) is 0 Å². The van der Waals surface area contributed by atoms with Crippen LogP contribution in [0.5, 0.6) is 0 Å². The Bertz CT molecular complexity index is 2650. The molecule has 0 spiro atoms. The first-order chi connectivity index (χ1) is 49.7. The fourth-order valence-electron chi connectivity index (χ4n) is 9.16. The summed E-state index contributed by atoms with van der Waals surface area (Å²) >= 11 is 0. The van der Waals surface area contributed by atoms with Gasteiger partial charge in [0.1, 0.15) is 19.3 Å². The van der Waals surface area contributed by atoms with Crippen LogP contribution in [0.3, 0.4) is 0 Å². The molecule has 0 aromatic rings. The van der Waals surface area contributed by atoms with Gasteiger partial charge in [0, 0.05) is 25.7 Å². The van der Waals surface area contributed by atoms with E-state index in [1.165, 1.54) is 25.7 Å². The van der Waals surface area contributed by atoms with Crippen molar-refractivity contribution in [1.82, 2.24) is 0 Å². The van der Waals surface area contributed by atoms with Gasteiger partial charge in [0.25, 0.3) is 0 Å². The number of rotatable bonds is 69. The average Bonchev–Trinajstić information content (AvgIpc) is 0.924. The maximum atomic E-state index is 13.1. The molecule has 0 bridgehead atoms. The molecule has 0 rings (SSSR count). The Hall–Kier alpha value is -5.84. The Kier molecular flexibility index (Phi) is 69.3. The molecule has 102 heavy (non-hydrogen) atoms. The lowest BCUT2D eigenvalue weighted by Crippen LogP contribution is -2.30. The molecule has 0 fully saturated rings. The summed E-state index contributed by atoms with van der Waals surface area (Å²) in [4.78, 5) is 72.8. The van der Waals surface area contributed by atoms with E-state index in [9.17, 15) is 43.2 Å². The third-order valence-electron chi connectivity index (χ3n) is 14.9. The van der Waals surface area contributed by atoms with E-state index in [2.05, 4.69) is 186 Å². The van der Waals surface area contributed by atoms with Crippen LogP contribution in [0.2, 0.25) is 0 Å². The molecule has 0 aliphatic carbocycles. The molecule has 3 N–H and O–H groups in total. The zero-order valence-electron chi connectivity index (χ0n) is 62.7. The Morgan fingerprint density at radius 2 is 0.529 bits per heavy atom. The molecule has 0 aliphatic rings. The van der Waals surface area contributed by atoms with E-state index < -0.39 is 97.5 Å². The monoisotopic (exact) mass is 1460 g/mol. The number of phosphoric acid groups is 2. The topological polar surface area (TPSA) is 237 Å². The normalized spacial score (nSPS) is 14.9. The van der Waals surface area contributed by atoms with Crippen molar-refractivity contribution in [2.75, 3.05) is 39.6 Å². The van der Waals surface area contributed by atoms with Crippen molar-refractivity contribution in [2.24, 2.45) is 0 Å². The summed E-state index contributed by atoms with van der Waals surface area (Å²) in [7, 11) is -10.0. The molecular weight excluding hydrogens is 1330 g/mol. The largest absolute Gasteiger partial charge is 0.472 e. The molecule has 0 heterocycles. The highest BCUT2D eigenvalue weighted by molar-refractivity contribution is 7.47. The van der Waals surface area contributed by atoms with Crippen LogP contribution in [0.15, 0.2) is 182 Å². The van der Waals surface area contributed by atoms with Crippen molar-refractivity contribution in [3.63, 3.8) is 0 Å². The summed E-state index contributed by atoms with van der Waals surface area (Å²) in [5.74, 6) is -2.40. The van der Waals surface area contributed by atoms with Gasteiger partial charge in [-0.15, -0.1) is 0 Å². The number of aliphatic hydroxyl groups excluding tert-OH is 1. The van der Waals surface area contributed by atoms with Crippen LogP contribution in [0.25, 0.3) is 0 Å². The number of unbranched alkanes of at least 4 members (excludes halogenated alkanes) is 13. The molecule has 0 aromatic heterocycles. The number of carbonyl (C=O) groups excluding carboxylic acids is 4. The second kappa shape index (κ2) is 73.5. The fourth-order valence-corrected chi connectivity index (χ4v) is 10.7. The first kappa shape index (κ1) is 96.2. The molecule has 0 radical (unpaired) electrons. The maximum absolute atomic E-state index is 13.1. The molecule has 0 saturated heterocycles. The molecule has 5 unspecified atom stereocenters. The second-order valence-electron chi connectivity index (χ2n) is 24.4. The van der Waals surface area contributed by atoms with Crippen molar-refractivity contribution < 1.29 is 80.2 Å². The Morgan fingerprint density at radius 3 is 0.873 bits per heavy atom.